The van der Waals surface area contributed by atoms with Gasteiger partial charge in [-0.3, -0.25) is 5.43 Å². The number of aryl methyl sites for hydroxylation is 1. The minimum atomic E-state index is 0.182. The first-order valence-electron chi connectivity index (χ1n) is 5.83. The Balaban J connectivity index is 2.34. The van der Waals surface area contributed by atoms with Gasteiger partial charge in [0.1, 0.15) is 5.75 Å². The fourth-order valence-corrected chi connectivity index (χ4v) is 1.96. The van der Waals surface area contributed by atoms with Crippen LogP contribution in [0.5, 0.6) is 11.8 Å². The minimum absolute atomic E-state index is 0.182. The average Bonchev–Trinajstić information content (AvgIpc) is 2.41. The summed E-state index contributed by atoms with van der Waals surface area (Å²) in [6, 6.07) is 5.86. The van der Waals surface area contributed by atoms with Crippen LogP contribution in [0.1, 0.15) is 5.56 Å². The molecular formula is C12H15BrN6O. The third-order valence-corrected chi connectivity index (χ3v) is 2.96. The Morgan fingerprint density at radius 1 is 1.25 bits per heavy atom. The van der Waals surface area contributed by atoms with Gasteiger partial charge in [-0.15, -0.1) is 0 Å². The summed E-state index contributed by atoms with van der Waals surface area (Å²) in [5, 5.41) is 0. The number of nitrogens with zero attached hydrogens (tertiary/aromatic N) is 4. The number of ether oxygens (including phenoxy) is 1. The van der Waals surface area contributed by atoms with Crippen molar-refractivity contribution in [1.29, 1.82) is 0 Å². The molecule has 2 aromatic rings. The predicted molar refractivity (Wildman–Crippen MR) is 80.9 cm³/mol. The lowest BCUT2D eigenvalue weighted by atomic mass is 10.2. The van der Waals surface area contributed by atoms with Gasteiger partial charge in [0.25, 0.3) is 0 Å². The molecule has 0 unspecified atom stereocenters. The molecule has 0 aliphatic carbocycles. The Morgan fingerprint density at radius 3 is 2.60 bits per heavy atom. The van der Waals surface area contributed by atoms with Gasteiger partial charge in [0, 0.05) is 18.6 Å². The molecule has 1 heterocycles. The van der Waals surface area contributed by atoms with Gasteiger partial charge in [0.2, 0.25) is 11.9 Å². The van der Waals surface area contributed by atoms with Crippen LogP contribution in [0.15, 0.2) is 22.7 Å². The van der Waals surface area contributed by atoms with Crippen LogP contribution in [0, 0.1) is 6.92 Å². The van der Waals surface area contributed by atoms with E-state index in [1.807, 2.05) is 39.2 Å². The van der Waals surface area contributed by atoms with E-state index in [1.165, 1.54) is 0 Å². The highest BCUT2D eigenvalue weighted by atomic mass is 79.9. The molecule has 2 rings (SSSR count). The fraction of sp³-hybridized carbons (Fsp3) is 0.250. The van der Waals surface area contributed by atoms with Crippen molar-refractivity contribution in [2.24, 2.45) is 5.84 Å². The molecule has 0 saturated carbocycles. The van der Waals surface area contributed by atoms with Crippen LogP contribution in [-0.4, -0.2) is 29.0 Å². The van der Waals surface area contributed by atoms with Crippen LogP contribution in [0.3, 0.4) is 0 Å². The molecular weight excluding hydrogens is 324 g/mol. The van der Waals surface area contributed by atoms with E-state index in [-0.39, 0.29) is 12.0 Å². The van der Waals surface area contributed by atoms with Crippen molar-refractivity contribution in [2.75, 3.05) is 24.4 Å². The zero-order chi connectivity index (χ0) is 14.7. The summed E-state index contributed by atoms with van der Waals surface area (Å²) >= 11 is 3.41. The smallest absolute Gasteiger partial charge is 0.328 e. The number of aromatic nitrogens is 3. The summed E-state index contributed by atoms with van der Waals surface area (Å²) in [4.78, 5) is 14.1. The number of hydrogen-bond acceptors (Lipinski definition) is 7. The van der Waals surface area contributed by atoms with Crippen molar-refractivity contribution >= 4 is 27.8 Å². The van der Waals surface area contributed by atoms with Crippen molar-refractivity contribution < 1.29 is 4.74 Å². The SMILES string of the molecule is Cc1cc(Br)ccc1Oc1nc(NN)nc(N(C)C)n1. The molecule has 0 amide bonds. The molecule has 1 aromatic heterocycles. The van der Waals surface area contributed by atoms with Crippen molar-refractivity contribution in [1.82, 2.24) is 15.0 Å². The number of anilines is 2. The standard InChI is InChI=1S/C12H15BrN6O/c1-7-6-8(13)4-5-9(7)20-12-16-10(18-14)15-11(17-12)19(2)3/h4-6H,14H2,1-3H3,(H,15,16,17,18). The normalized spacial score (nSPS) is 10.2. The highest BCUT2D eigenvalue weighted by Gasteiger charge is 2.10. The third kappa shape index (κ3) is 3.34. The number of hydrazine groups is 1. The van der Waals surface area contributed by atoms with E-state index in [0.717, 1.165) is 10.0 Å². The Labute approximate surface area is 125 Å². The summed E-state index contributed by atoms with van der Waals surface area (Å²) in [7, 11) is 3.65. The first kappa shape index (κ1) is 14.5. The lowest BCUT2D eigenvalue weighted by Crippen LogP contribution is -2.17. The predicted octanol–water partition coefficient (Wildman–Crippen LogP) is 2.09. The fourth-order valence-electron chi connectivity index (χ4n) is 1.48. The maximum Gasteiger partial charge on any atom is 0.328 e. The summed E-state index contributed by atoms with van der Waals surface area (Å²) < 4.78 is 6.67. The van der Waals surface area contributed by atoms with Crippen LogP contribution in [-0.2, 0) is 0 Å². The van der Waals surface area contributed by atoms with Gasteiger partial charge < -0.3 is 9.64 Å². The number of hydrogen-bond donors (Lipinski definition) is 2. The lowest BCUT2D eigenvalue weighted by molar-refractivity contribution is 0.437. The number of benzene rings is 1. The number of nitrogen functional groups attached to an aromatic ring is 1. The number of nitrogens with one attached hydrogen (secondary N) is 1. The number of halogens is 1. The van der Waals surface area contributed by atoms with Gasteiger partial charge in [-0.05, 0) is 30.7 Å². The zero-order valence-corrected chi connectivity index (χ0v) is 13.0. The zero-order valence-electron chi connectivity index (χ0n) is 11.4. The van der Waals surface area contributed by atoms with E-state index in [0.29, 0.717) is 11.7 Å². The average molecular weight is 339 g/mol. The first-order chi connectivity index (χ1) is 9.49. The molecule has 20 heavy (non-hydrogen) atoms. The quantitative estimate of drug-likeness (QED) is 0.651. The van der Waals surface area contributed by atoms with E-state index >= 15 is 0 Å². The maximum atomic E-state index is 5.69. The highest BCUT2D eigenvalue weighted by molar-refractivity contribution is 9.10. The largest absolute Gasteiger partial charge is 0.424 e. The molecule has 0 fully saturated rings. The lowest BCUT2D eigenvalue weighted by Gasteiger charge is -2.13. The monoisotopic (exact) mass is 338 g/mol. The second-order valence-electron chi connectivity index (χ2n) is 4.29. The second-order valence-corrected chi connectivity index (χ2v) is 5.21. The van der Waals surface area contributed by atoms with E-state index in [2.05, 4.69) is 36.3 Å². The van der Waals surface area contributed by atoms with Gasteiger partial charge >= 0.3 is 6.01 Å². The molecule has 8 heteroatoms. The molecule has 106 valence electrons. The molecule has 0 spiro atoms. The number of rotatable bonds is 4. The van der Waals surface area contributed by atoms with Crippen LogP contribution in [0.2, 0.25) is 0 Å². The molecule has 0 radical (unpaired) electrons. The Morgan fingerprint density at radius 2 is 2.00 bits per heavy atom. The Kier molecular flexibility index (Phi) is 4.35. The van der Waals surface area contributed by atoms with Gasteiger partial charge in [-0.1, -0.05) is 15.9 Å². The van der Waals surface area contributed by atoms with Crippen LogP contribution in [0.25, 0.3) is 0 Å². The molecule has 0 aliphatic heterocycles. The summed E-state index contributed by atoms with van der Waals surface area (Å²) in [6.45, 7) is 1.94. The van der Waals surface area contributed by atoms with E-state index < -0.39 is 0 Å². The summed E-state index contributed by atoms with van der Waals surface area (Å²) in [5.41, 5.74) is 3.36. The van der Waals surface area contributed by atoms with Crippen LogP contribution < -0.4 is 20.9 Å². The van der Waals surface area contributed by atoms with E-state index in [9.17, 15) is 0 Å². The van der Waals surface area contributed by atoms with E-state index in [1.54, 1.807) is 4.90 Å². The summed E-state index contributed by atoms with van der Waals surface area (Å²) in [6.07, 6.45) is 0. The Hall–Kier alpha value is -1.93. The van der Waals surface area contributed by atoms with Gasteiger partial charge in [-0.25, -0.2) is 5.84 Å². The van der Waals surface area contributed by atoms with Crippen molar-refractivity contribution in [2.45, 2.75) is 6.92 Å². The molecule has 0 aliphatic rings. The second kappa shape index (κ2) is 6.02. The minimum Gasteiger partial charge on any atom is -0.424 e. The van der Waals surface area contributed by atoms with Crippen molar-refractivity contribution in [3.63, 3.8) is 0 Å². The third-order valence-electron chi connectivity index (χ3n) is 2.47. The van der Waals surface area contributed by atoms with Crippen molar-refractivity contribution in [3.8, 4) is 11.8 Å². The van der Waals surface area contributed by atoms with Crippen LogP contribution >= 0.6 is 15.9 Å². The van der Waals surface area contributed by atoms with Gasteiger partial charge in [-0.2, -0.15) is 15.0 Å². The maximum absolute atomic E-state index is 5.69. The number of nitrogens with two attached hydrogens (primary N) is 1. The van der Waals surface area contributed by atoms with Gasteiger partial charge in [0.15, 0.2) is 0 Å². The molecule has 0 saturated heterocycles. The summed E-state index contributed by atoms with van der Waals surface area (Å²) in [5.74, 6) is 6.72. The molecule has 0 atom stereocenters. The topological polar surface area (TPSA) is 89.2 Å². The van der Waals surface area contributed by atoms with Gasteiger partial charge in [0.05, 0.1) is 0 Å². The highest BCUT2D eigenvalue weighted by Crippen LogP contribution is 2.26. The first-order valence-corrected chi connectivity index (χ1v) is 6.63. The molecule has 0 bridgehead atoms. The van der Waals surface area contributed by atoms with Crippen molar-refractivity contribution in [3.05, 3.63) is 28.2 Å². The Bertz CT molecular complexity index is 619. The van der Waals surface area contributed by atoms with E-state index in [4.69, 9.17) is 10.6 Å². The van der Waals surface area contributed by atoms with Crippen LogP contribution in [0.4, 0.5) is 11.9 Å². The molecule has 7 nitrogen and oxygen atoms in total. The molecule has 1 aromatic carbocycles. The molecule has 3 N–H and O–H groups in total.